The van der Waals surface area contributed by atoms with Crippen LogP contribution in [-0.2, 0) is 14.8 Å². The summed E-state index contributed by atoms with van der Waals surface area (Å²) in [5, 5.41) is 3.33. The molecule has 2 amide bonds. The van der Waals surface area contributed by atoms with Gasteiger partial charge < -0.3 is 10.2 Å². The molecule has 0 saturated carbocycles. The zero-order valence-electron chi connectivity index (χ0n) is 18.8. The second-order valence-corrected chi connectivity index (χ2v) is 10.1. The molecule has 0 unspecified atom stereocenters. The lowest BCUT2D eigenvalue weighted by atomic mass is 10.2. The fourth-order valence-electron chi connectivity index (χ4n) is 3.74. The van der Waals surface area contributed by atoms with Gasteiger partial charge in [-0.25, -0.2) is 8.42 Å². The van der Waals surface area contributed by atoms with E-state index in [4.69, 9.17) is 11.6 Å². The van der Waals surface area contributed by atoms with Crippen LogP contribution in [0.15, 0.2) is 53.4 Å². The van der Waals surface area contributed by atoms with Crippen molar-refractivity contribution in [1.82, 2.24) is 14.1 Å². The predicted octanol–water partition coefficient (Wildman–Crippen LogP) is 2.77. The van der Waals surface area contributed by atoms with Gasteiger partial charge in [0.05, 0.1) is 11.4 Å². The number of nitrogens with one attached hydrogen (secondary N) is 1. The Labute approximate surface area is 200 Å². The maximum atomic E-state index is 12.6. The molecule has 1 aliphatic heterocycles. The summed E-state index contributed by atoms with van der Waals surface area (Å²) in [4.78, 5) is 29.0. The molecule has 8 nitrogen and oxygen atoms in total. The van der Waals surface area contributed by atoms with Crippen LogP contribution in [0.1, 0.15) is 24.2 Å². The molecule has 1 aliphatic rings. The molecular formula is C23H29ClN4O4S. The van der Waals surface area contributed by atoms with Gasteiger partial charge in [-0.15, -0.1) is 0 Å². The van der Waals surface area contributed by atoms with Crippen molar-refractivity contribution in [2.24, 2.45) is 0 Å². The molecule has 33 heavy (non-hydrogen) atoms. The number of amides is 2. The first kappa shape index (κ1) is 25.2. The first-order chi connectivity index (χ1) is 15.7. The third-order valence-corrected chi connectivity index (χ3v) is 7.88. The molecule has 2 aromatic rings. The molecule has 3 rings (SSSR count). The fraction of sp³-hybridized carbons (Fsp3) is 0.391. The number of benzene rings is 2. The van der Waals surface area contributed by atoms with Crippen molar-refractivity contribution < 1.29 is 18.0 Å². The highest BCUT2D eigenvalue weighted by Gasteiger charge is 2.24. The van der Waals surface area contributed by atoms with Gasteiger partial charge in [0, 0.05) is 55.5 Å². The van der Waals surface area contributed by atoms with Crippen LogP contribution in [-0.4, -0.2) is 80.2 Å². The van der Waals surface area contributed by atoms with Crippen molar-refractivity contribution in [3.05, 3.63) is 59.1 Å². The van der Waals surface area contributed by atoms with Gasteiger partial charge in [-0.05, 0) is 42.5 Å². The van der Waals surface area contributed by atoms with Crippen LogP contribution in [0.5, 0.6) is 0 Å². The number of hydrogen-bond donors (Lipinski definition) is 1. The van der Waals surface area contributed by atoms with Gasteiger partial charge in [0.25, 0.3) is 5.91 Å². The SMILES string of the molecule is CCN(CC)S(=O)(=O)c1ccc(NC(=O)CN2CCN(C(=O)c3cccc(Cl)c3)CC2)cc1. The number of rotatable bonds is 8. The predicted molar refractivity (Wildman–Crippen MR) is 129 cm³/mol. The fourth-order valence-corrected chi connectivity index (χ4v) is 5.39. The van der Waals surface area contributed by atoms with Crippen LogP contribution in [0.3, 0.4) is 0 Å². The normalized spacial score (nSPS) is 15.0. The molecule has 0 spiro atoms. The minimum atomic E-state index is -3.53. The molecule has 10 heteroatoms. The molecule has 0 aliphatic carbocycles. The Morgan fingerprint density at radius 2 is 1.64 bits per heavy atom. The van der Waals surface area contributed by atoms with Gasteiger partial charge in [-0.2, -0.15) is 4.31 Å². The molecule has 1 heterocycles. The smallest absolute Gasteiger partial charge is 0.253 e. The Balaban J connectivity index is 1.50. The lowest BCUT2D eigenvalue weighted by Crippen LogP contribution is -2.50. The minimum Gasteiger partial charge on any atom is -0.336 e. The largest absolute Gasteiger partial charge is 0.336 e. The molecule has 2 aromatic carbocycles. The first-order valence-electron chi connectivity index (χ1n) is 10.9. The van der Waals surface area contributed by atoms with Crippen LogP contribution < -0.4 is 5.32 Å². The van der Waals surface area contributed by atoms with E-state index >= 15 is 0 Å². The summed E-state index contributed by atoms with van der Waals surface area (Å²) in [6.07, 6.45) is 0. The molecule has 0 aromatic heterocycles. The highest BCUT2D eigenvalue weighted by molar-refractivity contribution is 7.89. The van der Waals surface area contributed by atoms with Crippen molar-refractivity contribution in [3.63, 3.8) is 0 Å². The topological polar surface area (TPSA) is 90.0 Å². The summed E-state index contributed by atoms with van der Waals surface area (Å²) in [6, 6.07) is 13.1. The first-order valence-corrected chi connectivity index (χ1v) is 12.7. The summed E-state index contributed by atoms with van der Waals surface area (Å²) in [5.74, 6) is -0.259. The molecule has 1 fully saturated rings. The standard InChI is InChI=1S/C23H29ClN4O4S/c1-3-28(4-2)33(31,32)21-10-8-20(9-11-21)25-22(29)17-26-12-14-27(15-13-26)23(30)18-6-5-7-19(24)16-18/h5-11,16H,3-4,12-15,17H2,1-2H3,(H,25,29). The van der Waals surface area contributed by atoms with Gasteiger partial charge in [0.2, 0.25) is 15.9 Å². The highest BCUT2D eigenvalue weighted by atomic mass is 35.5. The number of carbonyl (C=O) groups is 2. The van der Waals surface area contributed by atoms with Gasteiger partial charge in [-0.3, -0.25) is 14.5 Å². The van der Waals surface area contributed by atoms with Crippen molar-refractivity contribution in [2.75, 3.05) is 51.1 Å². The summed E-state index contributed by atoms with van der Waals surface area (Å²) in [5.41, 5.74) is 1.09. The third kappa shape index (κ3) is 6.32. The Hall–Kier alpha value is -2.46. The molecule has 0 bridgehead atoms. The molecule has 1 saturated heterocycles. The van der Waals surface area contributed by atoms with Gasteiger partial charge >= 0.3 is 0 Å². The second kappa shape index (κ2) is 11.1. The summed E-state index contributed by atoms with van der Waals surface area (Å²) >= 11 is 5.98. The van der Waals surface area contributed by atoms with Crippen LogP contribution >= 0.6 is 11.6 Å². The Morgan fingerprint density at radius 1 is 1.00 bits per heavy atom. The summed E-state index contributed by atoms with van der Waals surface area (Å²) < 4.78 is 26.5. The van der Waals surface area contributed by atoms with E-state index in [0.29, 0.717) is 55.5 Å². The molecule has 178 valence electrons. The molecule has 0 atom stereocenters. The van der Waals surface area contributed by atoms with E-state index in [9.17, 15) is 18.0 Å². The number of sulfonamides is 1. The molecular weight excluding hydrogens is 464 g/mol. The van der Waals surface area contributed by atoms with Gasteiger partial charge in [-0.1, -0.05) is 31.5 Å². The Kier molecular flexibility index (Phi) is 8.47. The van der Waals surface area contributed by atoms with E-state index in [1.807, 2.05) is 4.90 Å². The summed E-state index contributed by atoms with van der Waals surface area (Å²) in [6.45, 7) is 6.79. The van der Waals surface area contributed by atoms with E-state index in [-0.39, 0.29) is 23.3 Å². The number of nitrogens with zero attached hydrogens (tertiary/aromatic N) is 3. The quantitative estimate of drug-likeness (QED) is 0.612. The van der Waals surface area contributed by atoms with E-state index in [1.165, 1.54) is 16.4 Å². The van der Waals surface area contributed by atoms with Crippen molar-refractivity contribution in [3.8, 4) is 0 Å². The van der Waals surface area contributed by atoms with E-state index in [1.54, 1.807) is 55.1 Å². The summed E-state index contributed by atoms with van der Waals surface area (Å²) in [7, 11) is -3.53. The van der Waals surface area contributed by atoms with Crippen molar-refractivity contribution in [1.29, 1.82) is 0 Å². The van der Waals surface area contributed by atoms with Crippen LogP contribution in [0.2, 0.25) is 5.02 Å². The Morgan fingerprint density at radius 3 is 2.21 bits per heavy atom. The zero-order valence-corrected chi connectivity index (χ0v) is 20.4. The number of halogens is 1. The number of anilines is 1. The highest BCUT2D eigenvalue weighted by Crippen LogP contribution is 2.19. The lowest BCUT2D eigenvalue weighted by molar-refractivity contribution is -0.117. The zero-order chi connectivity index (χ0) is 24.0. The van der Waals surface area contributed by atoms with Crippen LogP contribution in [0, 0.1) is 0 Å². The average molecular weight is 493 g/mol. The Bertz CT molecular complexity index is 1080. The van der Waals surface area contributed by atoms with Gasteiger partial charge in [0.15, 0.2) is 0 Å². The maximum absolute atomic E-state index is 12.6. The maximum Gasteiger partial charge on any atom is 0.253 e. The van der Waals surface area contributed by atoms with Gasteiger partial charge in [0.1, 0.15) is 0 Å². The van der Waals surface area contributed by atoms with Crippen LogP contribution in [0.25, 0.3) is 0 Å². The lowest BCUT2D eigenvalue weighted by Gasteiger charge is -2.34. The third-order valence-electron chi connectivity index (χ3n) is 5.58. The van der Waals surface area contributed by atoms with Crippen LogP contribution in [0.4, 0.5) is 5.69 Å². The van der Waals surface area contributed by atoms with E-state index < -0.39 is 10.0 Å². The molecule has 0 radical (unpaired) electrons. The van der Waals surface area contributed by atoms with E-state index in [0.717, 1.165) is 0 Å². The number of piperazine rings is 1. The van der Waals surface area contributed by atoms with Crippen molar-refractivity contribution >= 4 is 39.1 Å². The second-order valence-electron chi connectivity index (χ2n) is 7.74. The average Bonchev–Trinajstić information content (AvgIpc) is 2.80. The van der Waals surface area contributed by atoms with E-state index in [2.05, 4.69) is 5.32 Å². The molecule has 1 N–H and O–H groups in total. The monoisotopic (exact) mass is 492 g/mol. The number of hydrogen-bond acceptors (Lipinski definition) is 5. The number of carbonyl (C=O) groups excluding carboxylic acids is 2. The van der Waals surface area contributed by atoms with Crippen molar-refractivity contribution in [2.45, 2.75) is 18.7 Å². The minimum absolute atomic E-state index is 0.0682.